The average Bonchev–Trinajstić information content (AvgIpc) is 3.51. The zero-order valence-corrected chi connectivity index (χ0v) is 21.5. The Hall–Kier alpha value is -3.82. The van der Waals surface area contributed by atoms with Crippen molar-refractivity contribution in [2.45, 2.75) is 72.1 Å². The van der Waals surface area contributed by atoms with Crippen molar-refractivity contribution in [3.63, 3.8) is 0 Å². The molecule has 1 atom stereocenters. The number of benzene rings is 1. The maximum atomic E-state index is 12.7. The van der Waals surface area contributed by atoms with E-state index in [2.05, 4.69) is 21.0 Å². The molecule has 0 aliphatic carbocycles. The first-order valence-electron chi connectivity index (χ1n) is 12.4. The Labute approximate surface area is 211 Å². The average molecular weight is 498 g/mol. The van der Waals surface area contributed by atoms with Crippen LogP contribution in [0.15, 0.2) is 41.8 Å². The fourth-order valence-electron chi connectivity index (χ4n) is 4.05. The molecular weight excluding hydrogens is 462 g/mol. The third-order valence-electron chi connectivity index (χ3n) is 6.14. The smallest absolute Gasteiger partial charge is 0.332 e. The van der Waals surface area contributed by atoms with Gasteiger partial charge in [0, 0.05) is 30.6 Å². The van der Waals surface area contributed by atoms with Crippen molar-refractivity contribution < 1.29 is 24.0 Å². The van der Waals surface area contributed by atoms with Crippen molar-refractivity contribution in [1.82, 2.24) is 25.9 Å². The first kappa shape index (κ1) is 26.8. The predicted octanol–water partition coefficient (Wildman–Crippen LogP) is 3.95. The highest BCUT2D eigenvalue weighted by molar-refractivity contribution is 5.93. The SMILES string of the molecule is CCCC(=O)ONC(=O)C1=C(CC)N(C)[C@H](c2cccc(-c3cc(C(=O)NC(CC)CC)n[nH]3)c2)O1. The van der Waals surface area contributed by atoms with Gasteiger partial charge in [-0.15, -0.1) is 0 Å². The largest absolute Gasteiger partial charge is 0.459 e. The molecule has 3 rings (SSSR count). The van der Waals surface area contributed by atoms with Gasteiger partial charge in [0.1, 0.15) is 0 Å². The summed E-state index contributed by atoms with van der Waals surface area (Å²) < 4.78 is 6.03. The number of nitrogens with zero attached hydrogens (tertiary/aromatic N) is 2. The fraction of sp³-hybridized carbons (Fsp3) is 0.462. The lowest BCUT2D eigenvalue weighted by atomic mass is 10.1. The number of H-pyrrole nitrogens is 1. The van der Waals surface area contributed by atoms with Gasteiger partial charge in [0.25, 0.3) is 5.91 Å². The summed E-state index contributed by atoms with van der Waals surface area (Å²) >= 11 is 0. The summed E-state index contributed by atoms with van der Waals surface area (Å²) in [6.07, 6.45) is 2.54. The van der Waals surface area contributed by atoms with Crippen LogP contribution in [0.3, 0.4) is 0 Å². The van der Waals surface area contributed by atoms with Crippen LogP contribution in [0.4, 0.5) is 0 Å². The van der Waals surface area contributed by atoms with Crippen LogP contribution in [-0.4, -0.2) is 46.0 Å². The summed E-state index contributed by atoms with van der Waals surface area (Å²) in [5.74, 6) is -1.22. The van der Waals surface area contributed by atoms with Crippen LogP contribution in [0.5, 0.6) is 0 Å². The van der Waals surface area contributed by atoms with Crippen molar-refractivity contribution in [3.05, 3.63) is 53.0 Å². The van der Waals surface area contributed by atoms with Gasteiger partial charge in [-0.25, -0.2) is 4.79 Å². The summed E-state index contributed by atoms with van der Waals surface area (Å²) in [7, 11) is 1.84. The molecule has 194 valence electrons. The van der Waals surface area contributed by atoms with E-state index in [0.717, 1.165) is 24.0 Å². The Morgan fingerprint density at radius 3 is 2.56 bits per heavy atom. The molecule has 10 nitrogen and oxygen atoms in total. The highest BCUT2D eigenvalue weighted by atomic mass is 16.7. The number of aromatic amines is 1. The van der Waals surface area contributed by atoms with Gasteiger partial charge in [0.2, 0.25) is 5.76 Å². The molecule has 2 aromatic rings. The molecule has 2 heterocycles. The maximum absolute atomic E-state index is 12.7. The lowest BCUT2D eigenvalue weighted by Gasteiger charge is -2.23. The first-order valence-corrected chi connectivity index (χ1v) is 12.4. The van der Waals surface area contributed by atoms with Gasteiger partial charge in [0.05, 0.1) is 11.4 Å². The van der Waals surface area contributed by atoms with Crippen LogP contribution < -0.4 is 10.8 Å². The van der Waals surface area contributed by atoms with Gasteiger partial charge in [-0.2, -0.15) is 10.6 Å². The minimum Gasteiger partial charge on any atom is -0.459 e. The molecule has 10 heteroatoms. The van der Waals surface area contributed by atoms with E-state index in [1.54, 1.807) is 6.07 Å². The number of carbonyl (C=O) groups is 3. The van der Waals surface area contributed by atoms with E-state index in [0.29, 0.717) is 29.9 Å². The highest BCUT2D eigenvalue weighted by Crippen LogP contribution is 2.37. The molecule has 1 aliphatic rings. The number of amides is 2. The van der Waals surface area contributed by atoms with Crippen molar-refractivity contribution in [1.29, 1.82) is 0 Å². The predicted molar refractivity (Wildman–Crippen MR) is 134 cm³/mol. The number of hydrogen-bond acceptors (Lipinski definition) is 7. The van der Waals surface area contributed by atoms with E-state index >= 15 is 0 Å². The molecule has 0 fully saturated rings. The van der Waals surface area contributed by atoms with Gasteiger partial charge in [0.15, 0.2) is 11.9 Å². The van der Waals surface area contributed by atoms with Gasteiger partial charge < -0.3 is 19.8 Å². The zero-order valence-electron chi connectivity index (χ0n) is 21.5. The lowest BCUT2D eigenvalue weighted by Crippen LogP contribution is -2.33. The monoisotopic (exact) mass is 497 g/mol. The third kappa shape index (κ3) is 6.05. The molecule has 36 heavy (non-hydrogen) atoms. The second-order valence-corrected chi connectivity index (χ2v) is 8.64. The first-order chi connectivity index (χ1) is 17.3. The Morgan fingerprint density at radius 1 is 1.14 bits per heavy atom. The Kier molecular flexibility index (Phi) is 9.10. The molecule has 0 spiro atoms. The molecule has 0 radical (unpaired) electrons. The van der Waals surface area contributed by atoms with Crippen LogP contribution >= 0.6 is 0 Å². The molecule has 1 aliphatic heterocycles. The normalized spacial score (nSPS) is 15.2. The van der Waals surface area contributed by atoms with E-state index in [1.165, 1.54) is 0 Å². The van der Waals surface area contributed by atoms with E-state index in [-0.39, 0.29) is 24.1 Å². The maximum Gasteiger partial charge on any atom is 0.332 e. The Balaban J connectivity index is 1.75. The van der Waals surface area contributed by atoms with E-state index in [4.69, 9.17) is 9.57 Å². The van der Waals surface area contributed by atoms with Crippen molar-refractivity contribution in [3.8, 4) is 11.3 Å². The standard InChI is InChI=1S/C26H35N5O5/c1-6-11-22(32)36-30-25(34)23-21(9-4)31(5)26(35-23)17-13-10-12-16(14-17)19-15-20(29-28-19)24(33)27-18(7-2)8-3/h10,12-15,18,26H,6-9,11H2,1-5H3,(H,27,33)(H,28,29)(H,30,34)/t26-/m0/s1. The van der Waals surface area contributed by atoms with E-state index in [1.807, 2.05) is 63.9 Å². The number of rotatable bonds is 10. The second-order valence-electron chi connectivity index (χ2n) is 8.64. The fourth-order valence-corrected chi connectivity index (χ4v) is 4.05. The number of aromatic nitrogens is 2. The van der Waals surface area contributed by atoms with E-state index in [9.17, 15) is 14.4 Å². The summed E-state index contributed by atoms with van der Waals surface area (Å²) in [6.45, 7) is 7.83. The Bertz CT molecular complexity index is 1120. The van der Waals surface area contributed by atoms with Crippen LogP contribution in [0.2, 0.25) is 0 Å². The summed E-state index contributed by atoms with van der Waals surface area (Å²) in [5.41, 5.74) is 5.53. The minimum atomic E-state index is -0.608. The van der Waals surface area contributed by atoms with E-state index < -0.39 is 18.1 Å². The zero-order chi connectivity index (χ0) is 26.2. The molecule has 0 saturated carbocycles. The second kappa shape index (κ2) is 12.2. The molecule has 2 amide bonds. The summed E-state index contributed by atoms with van der Waals surface area (Å²) in [6, 6.07) is 9.43. The molecule has 0 saturated heterocycles. The van der Waals surface area contributed by atoms with Crippen molar-refractivity contribution in [2.24, 2.45) is 0 Å². The van der Waals surface area contributed by atoms with Gasteiger partial charge in [-0.3, -0.25) is 14.7 Å². The van der Waals surface area contributed by atoms with Crippen LogP contribution in [0, 0.1) is 0 Å². The van der Waals surface area contributed by atoms with Crippen molar-refractivity contribution in [2.75, 3.05) is 7.05 Å². The number of ether oxygens (including phenoxy) is 1. The number of hydrogen-bond donors (Lipinski definition) is 3. The molecule has 3 N–H and O–H groups in total. The Morgan fingerprint density at radius 2 is 1.89 bits per heavy atom. The molecule has 0 unspecified atom stereocenters. The molecule has 1 aromatic carbocycles. The third-order valence-corrected chi connectivity index (χ3v) is 6.14. The summed E-state index contributed by atoms with van der Waals surface area (Å²) in [5, 5.41) is 10.1. The van der Waals surface area contributed by atoms with Crippen LogP contribution in [0.1, 0.15) is 82.1 Å². The van der Waals surface area contributed by atoms with Gasteiger partial charge in [-0.1, -0.05) is 45.9 Å². The number of carbonyl (C=O) groups excluding carboxylic acids is 3. The molecular formula is C26H35N5O5. The minimum absolute atomic E-state index is 0.109. The number of hydroxylamine groups is 1. The molecule has 0 bridgehead atoms. The van der Waals surface area contributed by atoms with Crippen LogP contribution in [-0.2, 0) is 19.2 Å². The number of allylic oxidation sites excluding steroid dienone is 1. The quantitative estimate of drug-likeness (QED) is 0.424. The topological polar surface area (TPSA) is 126 Å². The van der Waals surface area contributed by atoms with Crippen LogP contribution in [0.25, 0.3) is 11.3 Å². The summed E-state index contributed by atoms with van der Waals surface area (Å²) in [4.78, 5) is 43.6. The van der Waals surface area contributed by atoms with Gasteiger partial charge >= 0.3 is 11.9 Å². The molecule has 1 aromatic heterocycles. The van der Waals surface area contributed by atoms with Crippen molar-refractivity contribution >= 4 is 17.8 Å². The highest BCUT2D eigenvalue weighted by Gasteiger charge is 2.35. The number of nitrogens with one attached hydrogen (secondary N) is 3. The lowest BCUT2D eigenvalue weighted by molar-refractivity contribution is -0.158. The van der Waals surface area contributed by atoms with Gasteiger partial charge in [-0.05, 0) is 37.8 Å².